The van der Waals surface area contributed by atoms with Crippen LogP contribution in [0.5, 0.6) is 0 Å². The Morgan fingerprint density at radius 3 is 2.48 bits per heavy atom. The van der Waals surface area contributed by atoms with Gasteiger partial charge >= 0.3 is 0 Å². The molecular weight excluding hydrogens is 409 g/mol. The van der Waals surface area contributed by atoms with Crippen molar-refractivity contribution in [3.05, 3.63) is 39.6 Å². The highest BCUT2D eigenvalue weighted by atomic mass is 35.5. The van der Waals surface area contributed by atoms with Gasteiger partial charge in [-0.05, 0) is 57.8 Å². The Bertz CT molecular complexity index is 871. The number of hydrogen-bond donors (Lipinski definition) is 0. The van der Waals surface area contributed by atoms with Crippen LogP contribution in [0, 0.1) is 12.7 Å². The van der Waals surface area contributed by atoms with Gasteiger partial charge in [-0.3, -0.25) is 4.79 Å². The predicted octanol–water partition coefficient (Wildman–Crippen LogP) is 5.39. The number of rotatable bonds is 3. The molecule has 0 atom stereocenters. The van der Waals surface area contributed by atoms with Gasteiger partial charge in [0.15, 0.2) is 0 Å². The van der Waals surface area contributed by atoms with E-state index in [1.165, 1.54) is 62.2 Å². The minimum atomic E-state index is -0.472. The van der Waals surface area contributed by atoms with Crippen molar-refractivity contribution in [2.45, 2.75) is 51.5 Å². The molecule has 0 unspecified atom stereocenters. The molecule has 3 heterocycles. The standard InChI is InChI=1S/C22H27ClFN3OS/c1-15-20(29-21(25-15)16-6-7-18(23)19(24)14-16)22(28)27-12-8-17(9-13-27)26-10-4-2-3-5-11-26/h6-7,14,17H,2-5,8-13H2,1H3. The molecule has 156 valence electrons. The van der Waals surface area contributed by atoms with E-state index in [1.807, 2.05) is 11.8 Å². The van der Waals surface area contributed by atoms with Gasteiger partial charge in [0.25, 0.3) is 5.91 Å². The van der Waals surface area contributed by atoms with E-state index in [1.54, 1.807) is 6.07 Å². The van der Waals surface area contributed by atoms with E-state index in [9.17, 15) is 9.18 Å². The molecule has 2 aromatic rings. The summed E-state index contributed by atoms with van der Waals surface area (Å²) >= 11 is 7.12. The molecule has 2 aliphatic rings. The molecule has 1 amide bonds. The van der Waals surface area contributed by atoms with Crippen LogP contribution in [-0.4, -0.2) is 52.9 Å². The lowest BCUT2D eigenvalue weighted by molar-refractivity contribution is 0.0626. The number of piperidine rings is 1. The van der Waals surface area contributed by atoms with Gasteiger partial charge in [-0.1, -0.05) is 30.5 Å². The average Bonchev–Trinajstić information content (AvgIpc) is 2.93. The molecule has 4 nitrogen and oxygen atoms in total. The topological polar surface area (TPSA) is 36.4 Å². The maximum atomic E-state index is 13.8. The molecule has 0 N–H and O–H groups in total. The van der Waals surface area contributed by atoms with Crippen LogP contribution < -0.4 is 0 Å². The van der Waals surface area contributed by atoms with Crippen LogP contribution in [0.3, 0.4) is 0 Å². The second-order valence-corrected chi connectivity index (χ2v) is 9.44. The van der Waals surface area contributed by atoms with Crippen LogP contribution >= 0.6 is 22.9 Å². The van der Waals surface area contributed by atoms with Gasteiger partial charge in [0, 0.05) is 24.7 Å². The monoisotopic (exact) mass is 435 g/mol. The number of aromatic nitrogens is 1. The SMILES string of the molecule is Cc1nc(-c2ccc(Cl)c(F)c2)sc1C(=O)N1CCC(N2CCCCCC2)CC1. The van der Waals surface area contributed by atoms with Crippen molar-refractivity contribution < 1.29 is 9.18 Å². The number of carbonyl (C=O) groups excluding carboxylic acids is 1. The van der Waals surface area contributed by atoms with Crippen LogP contribution in [0.2, 0.25) is 5.02 Å². The van der Waals surface area contributed by atoms with E-state index in [4.69, 9.17) is 11.6 Å². The fourth-order valence-electron chi connectivity index (χ4n) is 4.39. The second-order valence-electron chi connectivity index (χ2n) is 8.04. The smallest absolute Gasteiger partial charge is 0.265 e. The third-order valence-corrected chi connectivity index (χ3v) is 7.57. The van der Waals surface area contributed by atoms with Crippen molar-refractivity contribution in [2.75, 3.05) is 26.2 Å². The summed E-state index contributed by atoms with van der Waals surface area (Å²) in [7, 11) is 0. The van der Waals surface area contributed by atoms with Crippen molar-refractivity contribution >= 4 is 28.8 Å². The molecule has 2 saturated heterocycles. The van der Waals surface area contributed by atoms with Crippen molar-refractivity contribution in [3.8, 4) is 10.6 Å². The number of carbonyl (C=O) groups is 1. The fraction of sp³-hybridized carbons (Fsp3) is 0.545. The first-order valence-electron chi connectivity index (χ1n) is 10.5. The molecule has 2 fully saturated rings. The lowest BCUT2D eigenvalue weighted by atomic mass is 10.0. The molecule has 0 radical (unpaired) electrons. The maximum Gasteiger partial charge on any atom is 0.265 e. The summed E-state index contributed by atoms with van der Waals surface area (Å²) in [5, 5.41) is 0.742. The van der Waals surface area contributed by atoms with Crippen molar-refractivity contribution in [1.82, 2.24) is 14.8 Å². The van der Waals surface area contributed by atoms with Gasteiger partial charge in [0.1, 0.15) is 15.7 Å². The normalized spacial score (nSPS) is 19.3. The van der Waals surface area contributed by atoms with E-state index in [-0.39, 0.29) is 10.9 Å². The molecule has 1 aromatic heterocycles. The Labute approximate surface area is 180 Å². The zero-order valence-electron chi connectivity index (χ0n) is 16.8. The first-order valence-corrected chi connectivity index (χ1v) is 11.7. The summed E-state index contributed by atoms with van der Waals surface area (Å²) in [6, 6.07) is 5.25. The fourth-order valence-corrected chi connectivity index (χ4v) is 5.53. The summed E-state index contributed by atoms with van der Waals surface area (Å²) in [6.45, 7) is 5.84. The van der Waals surface area contributed by atoms with Crippen molar-refractivity contribution in [3.63, 3.8) is 0 Å². The summed E-state index contributed by atoms with van der Waals surface area (Å²) < 4.78 is 13.8. The predicted molar refractivity (Wildman–Crippen MR) is 116 cm³/mol. The number of hydrogen-bond acceptors (Lipinski definition) is 4. The number of thiazole rings is 1. The third kappa shape index (κ3) is 4.65. The number of halogens is 2. The highest BCUT2D eigenvalue weighted by Gasteiger charge is 2.29. The molecule has 0 bridgehead atoms. The molecule has 4 rings (SSSR count). The zero-order valence-corrected chi connectivity index (χ0v) is 18.4. The lowest BCUT2D eigenvalue weighted by Crippen LogP contribution is -2.47. The van der Waals surface area contributed by atoms with Gasteiger partial charge in [0.05, 0.1) is 10.7 Å². The second kappa shape index (κ2) is 9.11. The van der Waals surface area contributed by atoms with Crippen LogP contribution in [-0.2, 0) is 0 Å². The number of likely N-dealkylation sites (tertiary alicyclic amines) is 2. The number of nitrogens with zero attached hydrogens (tertiary/aromatic N) is 3. The van der Waals surface area contributed by atoms with Crippen LogP contribution in [0.1, 0.15) is 53.9 Å². The van der Waals surface area contributed by atoms with E-state index in [0.717, 1.165) is 25.9 Å². The minimum absolute atomic E-state index is 0.0509. The number of amides is 1. The molecule has 7 heteroatoms. The van der Waals surface area contributed by atoms with E-state index >= 15 is 0 Å². The Kier molecular flexibility index (Phi) is 6.52. The Morgan fingerprint density at radius 2 is 1.83 bits per heavy atom. The van der Waals surface area contributed by atoms with Gasteiger partial charge < -0.3 is 9.80 Å². The molecule has 0 aliphatic carbocycles. The molecule has 0 spiro atoms. The van der Waals surface area contributed by atoms with Crippen LogP contribution in [0.15, 0.2) is 18.2 Å². The lowest BCUT2D eigenvalue weighted by Gasteiger charge is -2.38. The first-order chi connectivity index (χ1) is 14.0. The van der Waals surface area contributed by atoms with Crippen LogP contribution in [0.25, 0.3) is 10.6 Å². The van der Waals surface area contributed by atoms with Gasteiger partial charge in [-0.2, -0.15) is 0 Å². The summed E-state index contributed by atoms with van der Waals surface area (Å²) in [6.07, 6.45) is 7.37. The quantitative estimate of drug-likeness (QED) is 0.648. The Hall–Kier alpha value is -1.50. The minimum Gasteiger partial charge on any atom is -0.338 e. The summed E-state index contributed by atoms with van der Waals surface area (Å²) in [4.78, 5) is 22.9. The largest absolute Gasteiger partial charge is 0.338 e. The number of benzene rings is 1. The van der Waals surface area contributed by atoms with Crippen LogP contribution in [0.4, 0.5) is 4.39 Å². The zero-order chi connectivity index (χ0) is 20.4. The summed E-state index contributed by atoms with van der Waals surface area (Å²) in [5.41, 5.74) is 1.36. The Balaban J connectivity index is 1.42. The van der Waals surface area contributed by atoms with Crippen molar-refractivity contribution in [2.24, 2.45) is 0 Å². The maximum absolute atomic E-state index is 13.8. The Morgan fingerprint density at radius 1 is 1.14 bits per heavy atom. The van der Waals surface area contributed by atoms with Gasteiger partial charge in [-0.15, -0.1) is 11.3 Å². The van der Waals surface area contributed by atoms with Gasteiger partial charge in [-0.25, -0.2) is 9.37 Å². The third-order valence-electron chi connectivity index (χ3n) is 6.07. The summed E-state index contributed by atoms with van der Waals surface area (Å²) in [5.74, 6) is -0.421. The molecule has 0 saturated carbocycles. The average molecular weight is 436 g/mol. The highest BCUT2D eigenvalue weighted by Crippen LogP contribution is 2.31. The highest BCUT2D eigenvalue weighted by molar-refractivity contribution is 7.17. The van der Waals surface area contributed by atoms with E-state index in [0.29, 0.717) is 27.2 Å². The van der Waals surface area contributed by atoms with E-state index in [2.05, 4.69) is 9.88 Å². The molecule has 29 heavy (non-hydrogen) atoms. The van der Waals surface area contributed by atoms with E-state index < -0.39 is 5.82 Å². The van der Waals surface area contributed by atoms with Crippen molar-refractivity contribution in [1.29, 1.82) is 0 Å². The number of aryl methyl sites for hydroxylation is 1. The molecular formula is C22H27ClFN3OS. The first kappa shape index (κ1) is 20.8. The molecule has 2 aliphatic heterocycles. The molecule has 1 aromatic carbocycles. The van der Waals surface area contributed by atoms with Gasteiger partial charge in [0.2, 0.25) is 0 Å².